The predicted molar refractivity (Wildman–Crippen MR) is 70.2 cm³/mol. The Balaban J connectivity index is 2.12. The molecule has 1 unspecified atom stereocenters. The van der Waals surface area contributed by atoms with Gasteiger partial charge in [-0.05, 0) is 38.4 Å². The molecule has 1 saturated heterocycles. The van der Waals surface area contributed by atoms with Crippen molar-refractivity contribution >= 4 is 0 Å². The highest BCUT2D eigenvalue weighted by atomic mass is 16.5. The third-order valence-corrected chi connectivity index (χ3v) is 3.23. The zero-order valence-electron chi connectivity index (χ0n) is 11.5. The first kappa shape index (κ1) is 14.9. The molecule has 0 aromatic heterocycles. The Morgan fingerprint density at radius 2 is 2.00 bits per heavy atom. The van der Waals surface area contributed by atoms with Gasteiger partial charge in [-0.3, -0.25) is 0 Å². The molecule has 0 amide bonds. The Labute approximate surface area is 105 Å². The smallest absolute Gasteiger partial charge is 0.0900 e. The fraction of sp³-hybridized carbons (Fsp3) is 1.00. The van der Waals surface area contributed by atoms with Gasteiger partial charge in [-0.1, -0.05) is 13.8 Å². The van der Waals surface area contributed by atoms with Crippen molar-refractivity contribution in [2.24, 2.45) is 5.92 Å². The summed E-state index contributed by atoms with van der Waals surface area (Å²) < 4.78 is 4.94. The van der Waals surface area contributed by atoms with Crippen LogP contribution in [-0.4, -0.2) is 62.0 Å². The molecule has 1 atom stereocenters. The van der Waals surface area contributed by atoms with Gasteiger partial charge < -0.3 is 20.1 Å². The Morgan fingerprint density at radius 1 is 1.35 bits per heavy atom. The molecule has 0 saturated carbocycles. The normalized spacial score (nSPS) is 21.0. The van der Waals surface area contributed by atoms with Crippen LogP contribution >= 0.6 is 0 Å². The number of β-amino-alcohol motifs (C(OH)–C–C–N with tert-alkyl or cyclic N) is 1. The Hall–Kier alpha value is -0.160. The second-order valence-corrected chi connectivity index (χ2v) is 5.49. The minimum atomic E-state index is -0.347. The number of methoxy groups -OCH3 is 1. The number of nitrogens with one attached hydrogen (secondary N) is 1. The average Bonchev–Trinajstić information content (AvgIpc) is 2.28. The van der Waals surface area contributed by atoms with Gasteiger partial charge in [-0.15, -0.1) is 0 Å². The standard InChI is InChI=1S/C13H28N2O2/c1-11(2)8-14-12-4-6-15(7-5-12)9-13(16)10-17-3/h11-14,16H,4-10H2,1-3H3. The van der Waals surface area contributed by atoms with Gasteiger partial charge in [0.25, 0.3) is 0 Å². The summed E-state index contributed by atoms with van der Waals surface area (Å²) in [7, 11) is 1.63. The fourth-order valence-electron chi connectivity index (χ4n) is 2.27. The average molecular weight is 244 g/mol. The first-order chi connectivity index (χ1) is 8.11. The van der Waals surface area contributed by atoms with Crippen LogP contribution in [0.1, 0.15) is 26.7 Å². The molecular weight excluding hydrogens is 216 g/mol. The highest BCUT2D eigenvalue weighted by molar-refractivity contribution is 4.78. The van der Waals surface area contributed by atoms with Crippen molar-refractivity contribution in [1.29, 1.82) is 0 Å². The molecule has 1 aliphatic heterocycles. The van der Waals surface area contributed by atoms with Gasteiger partial charge in [0.15, 0.2) is 0 Å². The zero-order valence-corrected chi connectivity index (χ0v) is 11.5. The van der Waals surface area contributed by atoms with Crippen molar-refractivity contribution in [3.8, 4) is 0 Å². The van der Waals surface area contributed by atoms with Gasteiger partial charge in [0.2, 0.25) is 0 Å². The summed E-state index contributed by atoms with van der Waals surface area (Å²) in [5.74, 6) is 0.719. The van der Waals surface area contributed by atoms with Crippen LogP contribution in [-0.2, 0) is 4.74 Å². The number of aliphatic hydroxyl groups excluding tert-OH is 1. The number of rotatable bonds is 7. The lowest BCUT2D eigenvalue weighted by atomic mass is 10.0. The number of likely N-dealkylation sites (tertiary alicyclic amines) is 1. The van der Waals surface area contributed by atoms with Gasteiger partial charge in [-0.25, -0.2) is 0 Å². The molecule has 1 aliphatic rings. The summed E-state index contributed by atoms with van der Waals surface area (Å²) in [6.45, 7) is 8.92. The molecule has 4 nitrogen and oxygen atoms in total. The third kappa shape index (κ3) is 6.36. The third-order valence-electron chi connectivity index (χ3n) is 3.23. The summed E-state index contributed by atoms with van der Waals surface area (Å²) in [6, 6.07) is 0.660. The minimum absolute atomic E-state index is 0.347. The topological polar surface area (TPSA) is 44.7 Å². The lowest BCUT2D eigenvalue weighted by molar-refractivity contribution is 0.0310. The second kappa shape index (κ2) is 8.03. The number of nitrogens with zero attached hydrogens (tertiary/aromatic N) is 1. The molecule has 1 rings (SSSR count). The molecule has 102 valence electrons. The molecule has 0 bridgehead atoms. The van der Waals surface area contributed by atoms with Gasteiger partial charge in [-0.2, -0.15) is 0 Å². The van der Waals surface area contributed by atoms with Crippen molar-refractivity contribution < 1.29 is 9.84 Å². The quantitative estimate of drug-likeness (QED) is 0.692. The molecule has 4 heteroatoms. The first-order valence-electron chi connectivity index (χ1n) is 6.74. The van der Waals surface area contributed by atoms with Gasteiger partial charge in [0, 0.05) is 19.7 Å². The molecule has 1 heterocycles. The summed E-state index contributed by atoms with van der Waals surface area (Å²) in [5.41, 5.74) is 0. The first-order valence-corrected chi connectivity index (χ1v) is 6.74. The van der Waals surface area contributed by atoms with E-state index in [9.17, 15) is 5.11 Å². The fourth-order valence-corrected chi connectivity index (χ4v) is 2.27. The van der Waals surface area contributed by atoms with E-state index in [4.69, 9.17) is 4.74 Å². The number of ether oxygens (including phenoxy) is 1. The second-order valence-electron chi connectivity index (χ2n) is 5.49. The maximum absolute atomic E-state index is 9.66. The van der Waals surface area contributed by atoms with E-state index in [1.54, 1.807) is 7.11 Å². The molecule has 0 aliphatic carbocycles. The lowest BCUT2D eigenvalue weighted by Crippen LogP contribution is -2.46. The van der Waals surface area contributed by atoms with E-state index in [1.807, 2.05) is 0 Å². The van der Waals surface area contributed by atoms with Gasteiger partial charge >= 0.3 is 0 Å². The maximum atomic E-state index is 9.66. The number of piperidine rings is 1. The Bertz CT molecular complexity index is 192. The van der Waals surface area contributed by atoms with Crippen molar-refractivity contribution in [3.63, 3.8) is 0 Å². The summed E-state index contributed by atoms with van der Waals surface area (Å²) in [4.78, 5) is 2.33. The highest BCUT2D eigenvalue weighted by Gasteiger charge is 2.20. The lowest BCUT2D eigenvalue weighted by Gasteiger charge is -2.33. The van der Waals surface area contributed by atoms with Crippen LogP contribution in [0.4, 0.5) is 0 Å². The molecule has 0 spiro atoms. The van der Waals surface area contributed by atoms with E-state index in [-0.39, 0.29) is 6.10 Å². The van der Waals surface area contributed by atoms with Crippen LogP contribution in [0.15, 0.2) is 0 Å². The minimum Gasteiger partial charge on any atom is -0.389 e. The SMILES string of the molecule is COCC(O)CN1CCC(NCC(C)C)CC1. The van der Waals surface area contributed by atoms with E-state index >= 15 is 0 Å². The number of aliphatic hydroxyl groups is 1. The summed E-state index contributed by atoms with van der Waals surface area (Å²) >= 11 is 0. The molecule has 0 radical (unpaired) electrons. The van der Waals surface area contributed by atoms with E-state index in [2.05, 4.69) is 24.1 Å². The predicted octanol–water partition coefficient (Wildman–Crippen LogP) is 0.704. The van der Waals surface area contributed by atoms with Crippen molar-refractivity contribution in [2.75, 3.05) is 39.9 Å². The van der Waals surface area contributed by atoms with Gasteiger partial charge in [0.1, 0.15) is 0 Å². The monoisotopic (exact) mass is 244 g/mol. The van der Waals surface area contributed by atoms with Crippen molar-refractivity contribution in [1.82, 2.24) is 10.2 Å². The van der Waals surface area contributed by atoms with E-state index in [0.29, 0.717) is 12.6 Å². The largest absolute Gasteiger partial charge is 0.389 e. The van der Waals surface area contributed by atoms with Crippen LogP contribution in [0.5, 0.6) is 0 Å². The molecule has 0 aromatic rings. The molecular formula is C13H28N2O2. The number of hydrogen-bond donors (Lipinski definition) is 2. The van der Waals surface area contributed by atoms with E-state index in [0.717, 1.165) is 32.1 Å². The van der Waals surface area contributed by atoms with Crippen LogP contribution in [0, 0.1) is 5.92 Å². The van der Waals surface area contributed by atoms with Gasteiger partial charge in [0.05, 0.1) is 12.7 Å². The summed E-state index contributed by atoms with van der Waals surface area (Å²) in [5, 5.41) is 13.3. The van der Waals surface area contributed by atoms with Crippen LogP contribution in [0.25, 0.3) is 0 Å². The molecule has 2 N–H and O–H groups in total. The zero-order chi connectivity index (χ0) is 12.7. The number of hydrogen-bond acceptors (Lipinski definition) is 4. The van der Waals surface area contributed by atoms with E-state index in [1.165, 1.54) is 12.8 Å². The van der Waals surface area contributed by atoms with Crippen LogP contribution in [0.3, 0.4) is 0 Å². The molecule has 1 fully saturated rings. The molecule has 17 heavy (non-hydrogen) atoms. The van der Waals surface area contributed by atoms with Crippen LogP contribution < -0.4 is 5.32 Å². The molecule has 0 aromatic carbocycles. The Kier molecular flexibility index (Phi) is 7.04. The Morgan fingerprint density at radius 3 is 2.53 bits per heavy atom. The summed E-state index contributed by atoms with van der Waals surface area (Å²) in [6.07, 6.45) is 2.03. The van der Waals surface area contributed by atoms with Crippen molar-refractivity contribution in [3.05, 3.63) is 0 Å². The maximum Gasteiger partial charge on any atom is 0.0900 e. The van der Waals surface area contributed by atoms with Crippen LogP contribution in [0.2, 0.25) is 0 Å². The van der Waals surface area contributed by atoms with Crippen molar-refractivity contribution in [2.45, 2.75) is 38.8 Å². The van der Waals surface area contributed by atoms with E-state index < -0.39 is 0 Å². The highest BCUT2D eigenvalue weighted by Crippen LogP contribution is 2.11.